The highest BCUT2D eigenvalue weighted by Gasteiger charge is 2.23. The van der Waals surface area contributed by atoms with Crippen molar-refractivity contribution in [2.75, 3.05) is 0 Å². The predicted molar refractivity (Wildman–Crippen MR) is 95.3 cm³/mol. The van der Waals surface area contributed by atoms with Gasteiger partial charge in [0.05, 0.1) is 12.6 Å². The third kappa shape index (κ3) is 3.83. The van der Waals surface area contributed by atoms with Gasteiger partial charge in [-0.3, -0.25) is 0 Å². The molecule has 0 bridgehead atoms. The molecule has 132 valence electrons. The number of rotatable bonds is 5. The Labute approximate surface area is 148 Å². The van der Waals surface area contributed by atoms with Crippen LogP contribution < -0.4 is 10.6 Å². The Morgan fingerprint density at radius 3 is 2.76 bits per heavy atom. The minimum absolute atomic E-state index is 0.108. The van der Waals surface area contributed by atoms with Crippen LogP contribution in [0.15, 0.2) is 24.3 Å². The highest BCUT2D eigenvalue weighted by molar-refractivity contribution is 5.74. The van der Waals surface area contributed by atoms with Gasteiger partial charge in [0.2, 0.25) is 0 Å². The second-order valence-electron chi connectivity index (χ2n) is 7.06. The molecule has 6 nitrogen and oxygen atoms in total. The zero-order valence-corrected chi connectivity index (χ0v) is 14.7. The molecule has 1 fully saturated rings. The molecular weight excluding hydrogens is 314 g/mol. The van der Waals surface area contributed by atoms with Gasteiger partial charge >= 0.3 is 6.03 Å². The summed E-state index contributed by atoms with van der Waals surface area (Å²) in [7, 11) is 0. The Hall–Kier alpha value is -2.37. The summed E-state index contributed by atoms with van der Waals surface area (Å²) in [5.41, 5.74) is 2.56. The largest absolute Gasteiger partial charge is 0.334 e. The molecular formula is C19H25N5O. The molecule has 1 aromatic carbocycles. The number of benzene rings is 1. The number of urea groups is 1. The summed E-state index contributed by atoms with van der Waals surface area (Å²) >= 11 is 0. The summed E-state index contributed by atoms with van der Waals surface area (Å²) in [5, 5.41) is 10.5. The Morgan fingerprint density at radius 1 is 1.24 bits per heavy atom. The number of aryl methyl sites for hydroxylation is 2. The lowest BCUT2D eigenvalue weighted by atomic mass is 10.1. The van der Waals surface area contributed by atoms with Gasteiger partial charge in [-0.25, -0.2) is 14.5 Å². The zero-order valence-electron chi connectivity index (χ0n) is 14.7. The van der Waals surface area contributed by atoms with E-state index in [1.165, 1.54) is 18.4 Å². The summed E-state index contributed by atoms with van der Waals surface area (Å²) in [6.45, 7) is 3.31. The maximum absolute atomic E-state index is 12.2. The van der Waals surface area contributed by atoms with E-state index in [1.54, 1.807) is 0 Å². The normalized spacial score (nSPS) is 19.3. The van der Waals surface area contributed by atoms with Crippen molar-refractivity contribution in [3.8, 4) is 0 Å². The van der Waals surface area contributed by atoms with Gasteiger partial charge in [-0.05, 0) is 36.3 Å². The SMILES string of the molecule is CCc1nc2n(n1)C[C@H](NC(=O)NCc1ccc(C3CC3)cc1)CC2. The van der Waals surface area contributed by atoms with Gasteiger partial charge in [-0.15, -0.1) is 0 Å². The van der Waals surface area contributed by atoms with Gasteiger partial charge in [-0.2, -0.15) is 5.10 Å². The standard InChI is InChI=1S/C19H25N5O/c1-2-17-22-18-10-9-16(12-24(18)23-17)21-19(25)20-11-13-3-5-14(6-4-13)15-7-8-15/h3-6,15-16H,2,7-12H2,1H3,(H2,20,21,25)/t16-/m1/s1. The van der Waals surface area contributed by atoms with E-state index >= 15 is 0 Å². The fraction of sp³-hybridized carbons (Fsp3) is 0.526. The molecule has 2 heterocycles. The van der Waals surface area contributed by atoms with Crippen LogP contribution in [0.4, 0.5) is 4.79 Å². The molecule has 4 rings (SSSR count). The molecule has 0 unspecified atom stereocenters. The lowest BCUT2D eigenvalue weighted by Crippen LogP contribution is -2.45. The quantitative estimate of drug-likeness (QED) is 0.879. The van der Waals surface area contributed by atoms with E-state index in [0.29, 0.717) is 13.1 Å². The minimum atomic E-state index is -0.115. The van der Waals surface area contributed by atoms with E-state index in [0.717, 1.165) is 42.4 Å². The molecule has 0 saturated heterocycles. The number of carbonyl (C=O) groups is 1. The Morgan fingerprint density at radius 2 is 2.04 bits per heavy atom. The molecule has 2 aliphatic rings. The maximum atomic E-state index is 12.2. The lowest BCUT2D eigenvalue weighted by molar-refractivity contribution is 0.231. The van der Waals surface area contributed by atoms with Crippen LogP contribution in [0.2, 0.25) is 0 Å². The van der Waals surface area contributed by atoms with Crippen molar-refractivity contribution in [1.29, 1.82) is 0 Å². The smallest absolute Gasteiger partial charge is 0.315 e. The number of hydrogen-bond donors (Lipinski definition) is 2. The van der Waals surface area contributed by atoms with Gasteiger partial charge in [0.25, 0.3) is 0 Å². The molecule has 1 aliphatic carbocycles. The van der Waals surface area contributed by atoms with Crippen molar-refractivity contribution >= 4 is 6.03 Å². The van der Waals surface area contributed by atoms with E-state index < -0.39 is 0 Å². The topological polar surface area (TPSA) is 71.8 Å². The average Bonchev–Trinajstić information content (AvgIpc) is 3.40. The number of nitrogens with one attached hydrogen (secondary N) is 2. The number of carbonyl (C=O) groups excluding carboxylic acids is 1. The van der Waals surface area contributed by atoms with Crippen molar-refractivity contribution in [1.82, 2.24) is 25.4 Å². The van der Waals surface area contributed by atoms with Crippen molar-refractivity contribution in [2.24, 2.45) is 0 Å². The van der Waals surface area contributed by atoms with E-state index in [4.69, 9.17) is 0 Å². The fourth-order valence-electron chi connectivity index (χ4n) is 3.37. The van der Waals surface area contributed by atoms with Crippen LogP contribution in [0.5, 0.6) is 0 Å². The van der Waals surface area contributed by atoms with Gasteiger partial charge < -0.3 is 10.6 Å². The molecule has 0 spiro atoms. The van der Waals surface area contributed by atoms with Crippen LogP contribution in [0.3, 0.4) is 0 Å². The number of aromatic nitrogens is 3. The molecule has 1 aliphatic heterocycles. The molecule has 1 saturated carbocycles. The van der Waals surface area contributed by atoms with Gasteiger partial charge in [-0.1, -0.05) is 31.2 Å². The Balaban J connectivity index is 1.26. The van der Waals surface area contributed by atoms with E-state index in [1.807, 2.05) is 4.68 Å². The highest BCUT2D eigenvalue weighted by atomic mass is 16.2. The molecule has 2 aromatic rings. The number of fused-ring (bicyclic) bond motifs is 1. The molecule has 1 aromatic heterocycles. The average molecular weight is 339 g/mol. The first-order valence-electron chi connectivity index (χ1n) is 9.27. The van der Waals surface area contributed by atoms with Crippen LogP contribution >= 0.6 is 0 Å². The molecule has 25 heavy (non-hydrogen) atoms. The van der Waals surface area contributed by atoms with Gasteiger partial charge in [0.1, 0.15) is 5.82 Å². The van der Waals surface area contributed by atoms with E-state index in [2.05, 4.69) is 51.9 Å². The molecule has 6 heteroatoms. The van der Waals surface area contributed by atoms with Crippen LogP contribution in [-0.4, -0.2) is 26.8 Å². The molecule has 2 amide bonds. The second-order valence-corrected chi connectivity index (χ2v) is 7.06. The maximum Gasteiger partial charge on any atom is 0.315 e. The minimum Gasteiger partial charge on any atom is -0.334 e. The van der Waals surface area contributed by atoms with Crippen LogP contribution in [0.1, 0.15) is 54.9 Å². The summed E-state index contributed by atoms with van der Waals surface area (Å²) in [6, 6.07) is 8.59. The number of hydrogen-bond acceptors (Lipinski definition) is 3. The third-order valence-corrected chi connectivity index (χ3v) is 5.03. The van der Waals surface area contributed by atoms with Crippen molar-refractivity contribution in [2.45, 2.75) is 64.1 Å². The number of amides is 2. The fourth-order valence-corrected chi connectivity index (χ4v) is 3.37. The summed E-state index contributed by atoms with van der Waals surface area (Å²) in [6.07, 6.45) is 5.24. The first kappa shape index (κ1) is 16.1. The van der Waals surface area contributed by atoms with Gasteiger partial charge in [0, 0.05) is 19.4 Å². The van der Waals surface area contributed by atoms with Crippen molar-refractivity contribution in [3.05, 3.63) is 47.0 Å². The van der Waals surface area contributed by atoms with Crippen LogP contribution in [-0.2, 0) is 25.9 Å². The van der Waals surface area contributed by atoms with E-state index in [-0.39, 0.29) is 12.1 Å². The second kappa shape index (κ2) is 6.86. The molecule has 1 atom stereocenters. The van der Waals surface area contributed by atoms with Crippen molar-refractivity contribution in [3.63, 3.8) is 0 Å². The Kier molecular flexibility index (Phi) is 4.42. The summed E-state index contributed by atoms with van der Waals surface area (Å²) in [4.78, 5) is 16.7. The third-order valence-electron chi connectivity index (χ3n) is 5.03. The molecule has 2 N–H and O–H groups in total. The highest BCUT2D eigenvalue weighted by Crippen LogP contribution is 2.39. The monoisotopic (exact) mass is 339 g/mol. The van der Waals surface area contributed by atoms with Crippen molar-refractivity contribution < 1.29 is 4.79 Å². The van der Waals surface area contributed by atoms with Crippen LogP contribution in [0.25, 0.3) is 0 Å². The first-order chi connectivity index (χ1) is 12.2. The molecule has 0 radical (unpaired) electrons. The van der Waals surface area contributed by atoms with Crippen LogP contribution in [0, 0.1) is 0 Å². The van der Waals surface area contributed by atoms with E-state index in [9.17, 15) is 4.79 Å². The summed E-state index contributed by atoms with van der Waals surface area (Å²) in [5.74, 6) is 2.69. The lowest BCUT2D eigenvalue weighted by Gasteiger charge is -2.23. The first-order valence-corrected chi connectivity index (χ1v) is 9.27. The zero-order chi connectivity index (χ0) is 17.2. The predicted octanol–water partition coefficient (Wildman–Crippen LogP) is 2.53. The van der Waals surface area contributed by atoms with Gasteiger partial charge in [0.15, 0.2) is 5.82 Å². The summed E-state index contributed by atoms with van der Waals surface area (Å²) < 4.78 is 1.93. The number of nitrogens with zero attached hydrogens (tertiary/aromatic N) is 3. The Bertz CT molecular complexity index is 748.